The van der Waals surface area contributed by atoms with Crippen LogP contribution in [0.1, 0.15) is 27.8 Å². The Kier molecular flexibility index (Phi) is 2.48. The van der Waals surface area contributed by atoms with E-state index >= 15 is 0 Å². The zero-order valence-electron chi connectivity index (χ0n) is 9.06. The van der Waals surface area contributed by atoms with Crippen molar-refractivity contribution >= 4 is 17.3 Å². The Bertz CT molecular complexity index is 569. The highest BCUT2D eigenvalue weighted by atomic mass is 16.5. The van der Waals surface area contributed by atoms with E-state index in [0.29, 0.717) is 11.3 Å². The maximum absolute atomic E-state index is 11.5. The van der Waals surface area contributed by atoms with Gasteiger partial charge in [0.05, 0.1) is 12.6 Å². The van der Waals surface area contributed by atoms with E-state index in [1.807, 2.05) is 6.07 Å². The Labute approximate surface area is 92.4 Å². The number of ether oxygens (including phenoxy) is 1. The van der Waals surface area contributed by atoms with Gasteiger partial charge in [0.25, 0.3) is 0 Å². The van der Waals surface area contributed by atoms with Gasteiger partial charge in [0, 0.05) is 11.8 Å². The highest BCUT2D eigenvalue weighted by Gasteiger charge is 2.17. The van der Waals surface area contributed by atoms with E-state index in [1.54, 1.807) is 28.8 Å². The second kappa shape index (κ2) is 3.81. The van der Waals surface area contributed by atoms with Gasteiger partial charge in [-0.2, -0.15) is 0 Å². The molecule has 82 valence electrons. The monoisotopic (exact) mass is 217 g/mol. The molecule has 0 amide bonds. The molecule has 0 aliphatic carbocycles. The minimum atomic E-state index is -0.450. The average Bonchev–Trinajstić information content (AvgIpc) is 2.67. The molecule has 0 atom stereocenters. The molecule has 2 aromatic rings. The fourth-order valence-corrected chi connectivity index (χ4v) is 1.70. The Balaban J connectivity index is 2.76. The molecule has 2 rings (SSSR count). The summed E-state index contributed by atoms with van der Waals surface area (Å²) in [5.74, 6) is -0.521. The molecule has 0 bridgehead atoms. The Morgan fingerprint density at radius 1 is 1.31 bits per heavy atom. The number of methoxy groups -OCH3 is 1. The van der Waals surface area contributed by atoms with Crippen molar-refractivity contribution in [2.45, 2.75) is 6.92 Å². The van der Waals surface area contributed by atoms with Gasteiger partial charge in [-0.15, -0.1) is 0 Å². The van der Waals surface area contributed by atoms with Gasteiger partial charge in [-0.05, 0) is 25.1 Å². The number of ketones is 1. The highest BCUT2D eigenvalue weighted by molar-refractivity contribution is 6.04. The maximum atomic E-state index is 11.5. The minimum Gasteiger partial charge on any atom is -0.464 e. The molecule has 2 aromatic heterocycles. The van der Waals surface area contributed by atoms with E-state index in [0.717, 1.165) is 5.52 Å². The third kappa shape index (κ3) is 1.48. The van der Waals surface area contributed by atoms with Gasteiger partial charge in [-0.1, -0.05) is 6.07 Å². The largest absolute Gasteiger partial charge is 0.464 e. The number of rotatable bonds is 2. The first kappa shape index (κ1) is 10.4. The normalized spacial score (nSPS) is 10.4. The number of hydrogen-bond acceptors (Lipinski definition) is 3. The van der Waals surface area contributed by atoms with Crippen LogP contribution in [0.3, 0.4) is 0 Å². The molecule has 2 heterocycles. The Morgan fingerprint density at radius 3 is 2.69 bits per heavy atom. The van der Waals surface area contributed by atoms with E-state index in [1.165, 1.54) is 14.0 Å². The van der Waals surface area contributed by atoms with Crippen LogP contribution in [0.25, 0.3) is 5.52 Å². The zero-order valence-corrected chi connectivity index (χ0v) is 9.06. The number of Topliss-reactive ketones (excluding diaryl/α,β-unsaturated/α-hetero) is 1. The van der Waals surface area contributed by atoms with Crippen LogP contribution in [-0.2, 0) is 4.74 Å². The van der Waals surface area contributed by atoms with Crippen molar-refractivity contribution in [3.8, 4) is 0 Å². The summed E-state index contributed by atoms with van der Waals surface area (Å²) in [6.07, 6.45) is 1.73. The number of carbonyl (C=O) groups is 2. The van der Waals surface area contributed by atoms with Crippen molar-refractivity contribution in [3.63, 3.8) is 0 Å². The molecule has 0 saturated heterocycles. The molecule has 0 aliphatic heterocycles. The predicted octanol–water partition coefficient (Wildman–Crippen LogP) is 1.93. The summed E-state index contributed by atoms with van der Waals surface area (Å²) >= 11 is 0. The fraction of sp³-hybridized carbons (Fsp3) is 0.167. The van der Waals surface area contributed by atoms with Crippen LogP contribution in [0, 0.1) is 0 Å². The first-order valence-electron chi connectivity index (χ1n) is 4.84. The molecular weight excluding hydrogens is 206 g/mol. The molecule has 4 nitrogen and oxygen atoms in total. The number of fused-ring (bicyclic) bond motifs is 1. The van der Waals surface area contributed by atoms with Crippen LogP contribution >= 0.6 is 0 Å². The molecule has 0 radical (unpaired) electrons. The van der Waals surface area contributed by atoms with Gasteiger partial charge < -0.3 is 9.14 Å². The van der Waals surface area contributed by atoms with Crippen molar-refractivity contribution in [2.75, 3.05) is 7.11 Å². The van der Waals surface area contributed by atoms with Crippen molar-refractivity contribution in [1.82, 2.24) is 4.40 Å². The van der Waals surface area contributed by atoms with Crippen LogP contribution in [0.4, 0.5) is 0 Å². The van der Waals surface area contributed by atoms with E-state index in [-0.39, 0.29) is 5.78 Å². The topological polar surface area (TPSA) is 47.8 Å². The van der Waals surface area contributed by atoms with E-state index in [4.69, 9.17) is 0 Å². The van der Waals surface area contributed by atoms with Crippen molar-refractivity contribution in [2.24, 2.45) is 0 Å². The Morgan fingerprint density at radius 2 is 2.06 bits per heavy atom. The number of hydrogen-bond donors (Lipinski definition) is 0. The van der Waals surface area contributed by atoms with Crippen LogP contribution < -0.4 is 0 Å². The smallest absolute Gasteiger partial charge is 0.355 e. The number of aromatic nitrogens is 1. The lowest BCUT2D eigenvalue weighted by atomic mass is 10.2. The molecule has 0 unspecified atom stereocenters. The second-order valence-corrected chi connectivity index (χ2v) is 3.45. The Hall–Kier alpha value is -2.10. The summed E-state index contributed by atoms with van der Waals surface area (Å²) in [5.41, 5.74) is 1.61. The average molecular weight is 217 g/mol. The van der Waals surface area contributed by atoms with Crippen molar-refractivity contribution in [1.29, 1.82) is 0 Å². The zero-order chi connectivity index (χ0) is 11.7. The molecule has 0 saturated carbocycles. The molecule has 16 heavy (non-hydrogen) atoms. The van der Waals surface area contributed by atoms with Crippen LogP contribution in [-0.4, -0.2) is 23.3 Å². The summed E-state index contributed by atoms with van der Waals surface area (Å²) < 4.78 is 6.32. The quantitative estimate of drug-likeness (QED) is 0.570. The maximum Gasteiger partial charge on any atom is 0.355 e. The summed E-state index contributed by atoms with van der Waals surface area (Å²) in [7, 11) is 1.32. The molecule has 0 fully saturated rings. The van der Waals surface area contributed by atoms with Crippen LogP contribution in [0.5, 0.6) is 0 Å². The van der Waals surface area contributed by atoms with Gasteiger partial charge >= 0.3 is 5.97 Å². The molecule has 0 N–H and O–H groups in total. The first-order valence-corrected chi connectivity index (χ1v) is 4.84. The SMILES string of the molecule is COC(=O)c1cc(C(C)=O)c2ccccn12. The van der Waals surface area contributed by atoms with E-state index < -0.39 is 5.97 Å². The van der Waals surface area contributed by atoms with Gasteiger partial charge in [0.15, 0.2) is 5.78 Å². The van der Waals surface area contributed by atoms with Crippen molar-refractivity contribution < 1.29 is 14.3 Å². The fourth-order valence-electron chi connectivity index (χ4n) is 1.70. The predicted molar refractivity (Wildman–Crippen MR) is 58.7 cm³/mol. The standard InChI is InChI=1S/C12H11NO3/c1-8(14)9-7-11(12(15)16-2)13-6-4-3-5-10(9)13/h3-7H,1-2H3. The number of carbonyl (C=O) groups excluding carboxylic acids is 2. The van der Waals surface area contributed by atoms with Gasteiger partial charge in [-0.3, -0.25) is 4.79 Å². The van der Waals surface area contributed by atoms with Crippen LogP contribution in [0.2, 0.25) is 0 Å². The highest BCUT2D eigenvalue weighted by Crippen LogP contribution is 2.18. The van der Waals surface area contributed by atoms with Crippen LogP contribution in [0.15, 0.2) is 30.5 Å². The van der Waals surface area contributed by atoms with Crippen molar-refractivity contribution in [3.05, 3.63) is 41.7 Å². The van der Waals surface area contributed by atoms with Gasteiger partial charge in [0.2, 0.25) is 0 Å². The molecule has 0 aliphatic rings. The second-order valence-electron chi connectivity index (χ2n) is 3.45. The van der Waals surface area contributed by atoms with Gasteiger partial charge in [0.1, 0.15) is 5.69 Å². The number of pyridine rings is 1. The lowest BCUT2D eigenvalue weighted by Gasteiger charge is -1.99. The van der Waals surface area contributed by atoms with E-state index in [9.17, 15) is 9.59 Å². The molecule has 0 aromatic carbocycles. The molecule has 4 heteroatoms. The summed E-state index contributed by atoms with van der Waals surface area (Å²) in [4.78, 5) is 22.9. The summed E-state index contributed by atoms with van der Waals surface area (Å²) in [6, 6.07) is 6.97. The summed E-state index contributed by atoms with van der Waals surface area (Å²) in [5, 5.41) is 0. The molecular formula is C12H11NO3. The number of esters is 1. The lowest BCUT2D eigenvalue weighted by Crippen LogP contribution is -2.04. The number of nitrogens with zero attached hydrogens (tertiary/aromatic N) is 1. The van der Waals surface area contributed by atoms with Gasteiger partial charge in [-0.25, -0.2) is 4.79 Å². The first-order chi connectivity index (χ1) is 7.65. The minimum absolute atomic E-state index is 0.0705. The lowest BCUT2D eigenvalue weighted by molar-refractivity contribution is 0.0593. The van der Waals surface area contributed by atoms with E-state index in [2.05, 4.69) is 4.74 Å². The third-order valence-electron chi connectivity index (χ3n) is 2.45. The third-order valence-corrected chi connectivity index (χ3v) is 2.45. The molecule has 0 spiro atoms. The summed E-state index contributed by atoms with van der Waals surface area (Å²) in [6.45, 7) is 1.48.